The first kappa shape index (κ1) is 38.0. The zero-order valence-corrected chi connectivity index (χ0v) is 30.6. The average molecular weight is 749 g/mol. The number of benzene rings is 4. The third-order valence-corrected chi connectivity index (χ3v) is 8.11. The molecule has 0 spiro atoms. The fourth-order valence-corrected chi connectivity index (χ4v) is 5.39. The van der Waals surface area contributed by atoms with E-state index in [1.165, 1.54) is 46.1 Å². The first-order chi connectivity index (χ1) is 27.3. The van der Waals surface area contributed by atoms with E-state index in [0.717, 1.165) is 16.5 Å². The largest absolute Gasteiger partial charge is 0.503 e. The van der Waals surface area contributed by atoms with Crippen LogP contribution in [0.4, 0.5) is 4.39 Å². The minimum absolute atomic E-state index is 0.184. The molecule has 13 heteroatoms. The Morgan fingerprint density at radius 3 is 2.21 bits per heavy atom. The molecule has 0 aliphatic carbocycles. The van der Waals surface area contributed by atoms with E-state index in [4.69, 9.17) is 23.7 Å². The van der Waals surface area contributed by atoms with Crippen LogP contribution in [0.1, 0.15) is 16.7 Å². The third kappa shape index (κ3) is 8.90. The van der Waals surface area contributed by atoms with Crippen LogP contribution in [0.25, 0.3) is 39.3 Å². The van der Waals surface area contributed by atoms with E-state index in [1.807, 2.05) is 43.3 Å². The van der Waals surface area contributed by atoms with Crippen LogP contribution in [-0.4, -0.2) is 52.2 Å². The lowest BCUT2D eigenvalue weighted by molar-refractivity contribution is -0.133. The molecule has 7 aromatic rings. The number of pyridine rings is 1. The number of hydrogen-bond donors (Lipinski definition) is 0. The number of halogens is 1. The van der Waals surface area contributed by atoms with Gasteiger partial charge in [-0.1, -0.05) is 54.6 Å². The summed E-state index contributed by atoms with van der Waals surface area (Å²) in [5.41, 5.74) is 4.84. The summed E-state index contributed by atoms with van der Waals surface area (Å²) >= 11 is 0. The van der Waals surface area contributed by atoms with Crippen molar-refractivity contribution in [1.29, 1.82) is 5.26 Å². The molecular formula is C43H33FN6O6. The number of nitriles is 1. The van der Waals surface area contributed by atoms with Gasteiger partial charge < -0.3 is 23.7 Å². The molecule has 0 aliphatic rings. The molecule has 0 saturated carbocycles. The predicted molar refractivity (Wildman–Crippen MR) is 206 cm³/mol. The molecular weight excluding hydrogens is 716 g/mol. The molecule has 3 aromatic heterocycles. The van der Waals surface area contributed by atoms with Crippen LogP contribution in [0.3, 0.4) is 0 Å². The van der Waals surface area contributed by atoms with Gasteiger partial charge in [0.2, 0.25) is 11.8 Å². The number of methoxy groups -OCH3 is 3. The first-order valence-electron chi connectivity index (χ1n) is 16.9. The highest BCUT2D eigenvalue weighted by Gasteiger charge is 2.19. The van der Waals surface area contributed by atoms with Crippen molar-refractivity contribution in [3.05, 3.63) is 150 Å². The standard InChI is InChI=1S/C22H17N3O5.C21H16FN3O/c1-27-13-17(22(26)28-2)16-8-4-6-10-19(16)30-21-11-20(24-14-25-21)29-18-9-5-3-7-15(18)12-23;1-13-7-9-18(21-23-12-15-5-3-4-6-17(15)25-21)24-20(13)14-8-10-19(26-2)16(22)11-14/h3-11,13-14H,1-2H3;3-12H,1-2H3/b17-13+;. The molecule has 4 aromatic carbocycles. The molecule has 56 heavy (non-hydrogen) atoms. The van der Waals surface area contributed by atoms with E-state index >= 15 is 0 Å². The van der Waals surface area contributed by atoms with Crippen molar-refractivity contribution < 1.29 is 32.9 Å². The topological polar surface area (TPSA) is 151 Å². The smallest absolute Gasteiger partial charge is 0.341 e. The van der Waals surface area contributed by atoms with Crippen LogP contribution < -0.4 is 14.2 Å². The summed E-state index contributed by atoms with van der Waals surface area (Å²) in [6.45, 7) is 1.94. The van der Waals surface area contributed by atoms with E-state index in [-0.39, 0.29) is 23.1 Å². The Kier molecular flexibility index (Phi) is 12.1. The molecule has 0 bridgehead atoms. The summed E-state index contributed by atoms with van der Waals surface area (Å²) in [5.74, 6) is 0.851. The van der Waals surface area contributed by atoms with Crippen molar-refractivity contribution >= 4 is 22.4 Å². The van der Waals surface area contributed by atoms with E-state index in [2.05, 4.69) is 31.0 Å². The molecule has 0 unspecified atom stereocenters. The van der Waals surface area contributed by atoms with Gasteiger partial charge in [-0.3, -0.25) is 0 Å². The van der Waals surface area contributed by atoms with Gasteiger partial charge in [0.1, 0.15) is 35.2 Å². The maximum Gasteiger partial charge on any atom is 0.341 e. The monoisotopic (exact) mass is 748 g/mol. The number of aromatic nitrogens is 5. The van der Waals surface area contributed by atoms with Gasteiger partial charge in [-0.25, -0.2) is 34.1 Å². The molecule has 0 radical (unpaired) electrons. The molecule has 12 nitrogen and oxygen atoms in total. The van der Waals surface area contributed by atoms with Gasteiger partial charge in [0, 0.05) is 22.7 Å². The second kappa shape index (κ2) is 17.9. The molecule has 0 saturated heterocycles. The summed E-state index contributed by atoms with van der Waals surface area (Å²) in [6, 6.07) is 33.6. The maximum atomic E-state index is 14.1. The minimum atomic E-state index is -0.576. The van der Waals surface area contributed by atoms with Crippen molar-refractivity contribution in [3.63, 3.8) is 0 Å². The van der Waals surface area contributed by atoms with Crippen LogP contribution in [0, 0.1) is 24.1 Å². The van der Waals surface area contributed by atoms with Crippen LogP contribution >= 0.6 is 0 Å². The van der Waals surface area contributed by atoms with Crippen LogP contribution in [-0.2, 0) is 14.3 Å². The Morgan fingerprint density at radius 2 is 1.48 bits per heavy atom. The number of aryl methyl sites for hydroxylation is 1. The van der Waals surface area contributed by atoms with Crippen LogP contribution in [0.15, 0.2) is 128 Å². The molecule has 3 heterocycles. The van der Waals surface area contributed by atoms with Gasteiger partial charge in [0.25, 0.3) is 0 Å². The summed E-state index contributed by atoms with van der Waals surface area (Å²) < 4.78 is 40.5. The van der Waals surface area contributed by atoms with E-state index in [9.17, 15) is 14.4 Å². The molecule has 0 fully saturated rings. The second-order valence-electron chi connectivity index (χ2n) is 11.7. The fourth-order valence-electron chi connectivity index (χ4n) is 5.39. The highest BCUT2D eigenvalue weighted by Crippen LogP contribution is 2.33. The van der Waals surface area contributed by atoms with Crippen molar-refractivity contribution in [2.24, 2.45) is 0 Å². The molecule has 278 valence electrons. The second-order valence-corrected chi connectivity index (χ2v) is 11.7. The summed E-state index contributed by atoms with van der Waals surface area (Å²) in [4.78, 5) is 34.0. The van der Waals surface area contributed by atoms with E-state index < -0.39 is 11.8 Å². The fraction of sp³-hybridized carbons (Fsp3) is 0.0930. The third-order valence-electron chi connectivity index (χ3n) is 8.11. The predicted octanol–water partition coefficient (Wildman–Crippen LogP) is 8.91. The minimum Gasteiger partial charge on any atom is -0.503 e. The normalized spacial score (nSPS) is 10.8. The Morgan fingerprint density at radius 1 is 0.768 bits per heavy atom. The van der Waals surface area contributed by atoms with Crippen molar-refractivity contribution in [2.45, 2.75) is 6.92 Å². The Hall–Kier alpha value is -7.72. The number of carbonyl (C=O) groups is 1. The van der Waals surface area contributed by atoms with Crippen molar-refractivity contribution in [2.75, 3.05) is 21.3 Å². The average Bonchev–Trinajstić information content (AvgIpc) is 3.23. The number of fused-ring (bicyclic) bond motifs is 1. The number of carbonyl (C=O) groups excluding carboxylic acids is 1. The lowest BCUT2D eigenvalue weighted by Crippen LogP contribution is -2.06. The number of nitrogens with zero attached hydrogens (tertiary/aromatic N) is 6. The Balaban J connectivity index is 0.000000191. The lowest BCUT2D eigenvalue weighted by Gasteiger charge is -2.12. The number of hydrogen-bond acceptors (Lipinski definition) is 12. The lowest BCUT2D eigenvalue weighted by atomic mass is 10.1. The summed E-state index contributed by atoms with van der Waals surface area (Å²) in [7, 11) is 4.15. The highest BCUT2D eigenvalue weighted by atomic mass is 19.1. The maximum absolute atomic E-state index is 14.1. The highest BCUT2D eigenvalue weighted by molar-refractivity contribution is 6.17. The van der Waals surface area contributed by atoms with Gasteiger partial charge >= 0.3 is 5.97 Å². The van der Waals surface area contributed by atoms with Gasteiger partial charge in [-0.2, -0.15) is 5.26 Å². The number of rotatable bonds is 10. The zero-order valence-electron chi connectivity index (χ0n) is 30.6. The van der Waals surface area contributed by atoms with Gasteiger partial charge in [-0.15, -0.1) is 0 Å². The molecule has 7 rings (SSSR count). The Labute approximate surface area is 321 Å². The van der Waals surface area contributed by atoms with Crippen LogP contribution in [0.5, 0.6) is 29.0 Å². The number of esters is 1. The van der Waals surface area contributed by atoms with Gasteiger partial charge in [0.05, 0.1) is 50.4 Å². The van der Waals surface area contributed by atoms with Gasteiger partial charge in [0.15, 0.2) is 17.4 Å². The molecule has 0 amide bonds. The number of para-hydroxylation sites is 3. The number of ether oxygens (including phenoxy) is 5. The van der Waals surface area contributed by atoms with Crippen LogP contribution in [0.2, 0.25) is 0 Å². The summed E-state index contributed by atoms with van der Waals surface area (Å²) in [6.07, 6.45) is 4.34. The quantitative estimate of drug-likeness (QED) is 0.0746. The summed E-state index contributed by atoms with van der Waals surface area (Å²) in [5, 5.41) is 10.2. The molecule has 0 N–H and O–H groups in total. The van der Waals surface area contributed by atoms with E-state index in [0.29, 0.717) is 45.4 Å². The zero-order chi connectivity index (χ0) is 39.4. The SMILES string of the molecule is CO/C=C(/C(=O)OC)c1ccccc1Oc1cc(Oc2ccccc2C#N)ncn1.COc1ccc(-c2nc(-c3ncc4ccccc4n3)ccc2C)cc1F. The van der Waals surface area contributed by atoms with Gasteiger partial charge in [-0.05, 0) is 61.0 Å². The molecule has 0 atom stereocenters. The first-order valence-corrected chi connectivity index (χ1v) is 16.9. The Bertz CT molecular complexity index is 2590. The van der Waals surface area contributed by atoms with Crippen molar-refractivity contribution in [1.82, 2.24) is 24.9 Å². The van der Waals surface area contributed by atoms with Crippen molar-refractivity contribution in [3.8, 4) is 57.9 Å². The van der Waals surface area contributed by atoms with E-state index in [1.54, 1.807) is 66.9 Å². The molecule has 0 aliphatic heterocycles.